The zero-order chi connectivity index (χ0) is 19.3. The topological polar surface area (TPSA) is 84.5 Å². The molecule has 0 heterocycles. The summed E-state index contributed by atoms with van der Waals surface area (Å²) in [6.45, 7) is 1.33. The summed E-state index contributed by atoms with van der Waals surface area (Å²) in [6, 6.07) is 11.1. The smallest absolute Gasteiger partial charge is 0.342 e. The van der Waals surface area contributed by atoms with Crippen molar-refractivity contribution in [3.8, 4) is 0 Å². The lowest BCUT2D eigenvalue weighted by atomic mass is 10.2. The molecule has 0 spiro atoms. The molecule has 9 heteroatoms. The number of amides is 2. The van der Waals surface area contributed by atoms with Crippen molar-refractivity contribution in [2.45, 2.75) is 13.0 Å². The molecule has 1 atom stereocenters. The van der Waals surface area contributed by atoms with Crippen LogP contribution in [0.3, 0.4) is 0 Å². The van der Waals surface area contributed by atoms with Gasteiger partial charge in [-0.3, -0.25) is 20.4 Å². The van der Waals surface area contributed by atoms with Crippen LogP contribution >= 0.6 is 34.8 Å². The van der Waals surface area contributed by atoms with E-state index in [1.165, 1.54) is 19.1 Å². The lowest BCUT2D eigenvalue weighted by Crippen LogP contribution is -2.46. The SMILES string of the molecule is C[C@H](OC(=O)c1c(Cl)ccc(Cl)c1Cl)C(=O)NNC(=O)c1ccccc1. The molecule has 0 bridgehead atoms. The lowest BCUT2D eigenvalue weighted by Gasteiger charge is -2.15. The Bertz CT molecular complexity index is 843. The van der Waals surface area contributed by atoms with E-state index in [-0.39, 0.29) is 20.6 Å². The summed E-state index contributed by atoms with van der Waals surface area (Å²) < 4.78 is 5.02. The van der Waals surface area contributed by atoms with Crippen molar-refractivity contribution in [1.82, 2.24) is 10.9 Å². The number of rotatable bonds is 4. The molecule has 0 aromatic heterocycles. The maximum atomic E-state index is 12.2. The number of carbonyl (C=O) groups excluding carboxylic acids is 3. The van der Waals surface area contributed by atoms with Gasteiger partial charge in [-0.1, -0.05) is 53.0 Å². The van der Waals surface area contributed by atoms with Gasteiger partial charge in [-0.2, -0.15) is 0 Å². The number of nitrogens with one attached hydrogen (secondary N) is 2. The zero-order valence-electron chi connectivity index (χ0n) is 13.4. The quantitative estimate of drug-likeness (QED) is 0.453. The number of halogens is 3. The summed E-state index contributed by atoms with van der Waals surface area (Å²) in [6.07, 6.45) is -1.22. The Hall–Kier alpha value is -2.28. The number of benzene rings is 2. The standard InChI is InChI=1S/C17H13Cl3N2O4/c1-9(15(23)21-22-16(24)10-5-3-2-4-6-10)26-17(25)13-11(18)7-8-12(19)14(13)20/h2-9H,1H3,(H,21,23)(H,22,24)/t9-/m0/s1. The maximum Gasteiger partial charge on any atom is 0.342 e. The Morgan fingerprint density at radius 1 is 0.923 bits per heavy atom. The minimum atomic E-state index is -1.22. The molecule has 26 heavy (non-hydrogen) atoms. The number of hydrazine groups is 1. The minimum Gasteiger partial charge on any atom is -0.449 e. The highest BCUT2D eigenvalue weighted by molar-refractivity contribution is 6.46. The van der Waals surface area contributed by atoms with Crippen LogP contribution in [0.1, 0.15) is 27.6 Å². The molecule has 0 saturated heterocycles. The van der Waals surface area contributed by atoms with E-state index in [0.29, 0.717) is 5.56 Å². The number of hydrogen-bond donors (Lipinski definition) is 2. The second-order valence-electron chi connectivity index (χ2n) is 5.08. The van der Waals surface area contributed by atoms with Crippen LogP contribution in [0, 0.1) is 0 Å². The summed E-state index contributed by atoms with van der Waals surface area (Å²) in [5.41, 5.74) is 4.60. The average molecular weight is 416 g/mol. The van der Waals surface area contributed by atoms with E-state index in [2.05, 4.69) is 10.9 Å². The second-order valence-corrected chi connectivity index (χ2v) is 6.27. The van der Waals surface area contributed by atoms with Gasteiger partial charge >= 0.3 is 5.97 Å². The summed E-state index contributed by atoms with van der Waals surface area (Å²) in [5, 5.41) is 0.0822. The third-order valence-corrected chi connectivity index (χ3v) is 4.36. The first-order chi connectivity index (χ1) is 12.3. The molecule has 0 aliphatic rings. The van der Waals surface area contributed by atoms with E-state index in [4.69, 9.17) is 39.5 Å². The molecule has 136 valence electrons. The Labute approximate surface area is 164 Å². The summed E-state index contributed by atoms with van der Waals surface area (Å²) >= 11 is 17.7. The fraction of sp³-hybridized carbons (Fsp3) is 0.118. The molecule has 2 amide bonds. The highest BCUT2D eigenvalue weighted by Gasteiger charge is 2.24. The van der Waals surface area contributed by atoms with Crippen LogP contribution < -0.4 is 10.9 Å². The van der Waals surface area contributed by atoms with E-state index in [0.717, 1.165) is 0 Å². The highest BCUT2D eigenvalue weighted by atomic mass is 35.5. The molecule has 2 aromatic carbocycles. The predicted octanol–water partition coefficient (Wildman–Crippen LogP) is 3.65. The summed E-state index contributed by atoms with van der Waals surface area (Å²) in [5.74, 6) is -2.17. The van der Waals surface area contributed by atoms with Gasteiger partial charge in [0.25, 0.3) is 11.8 Å². The van der Waals surface area contributed by atoms with Crippen molar-refractivity contribution in [3.63, 3.8) is 0 Å². The van der Waals surface area contributed by atoms with Crippen molar-refractivity contribution < 1.29 is 19.1 Å². The molecule has 0 aliphatic heterocycles. The Morgan fingerprint density at radius 2 is 1.54 bits per heavy atom. The highest BCUT2D eigenvalue weighted by Crippen LogP contribution is 2.32. The van der Waals surface area contributed by atoms with Crippen molar-refractivity contribution in [2.24, 2.45) is 0 Å². The van der Waals surface area contributed by atoms with Gasteiger partial charge in [0.15, 0.2) is 6.10 Å². The number of esters is 1. The Morgan fingerprint density at radius 3 is 2.19 bits per heavy atom. The van der Waals surface area contributed by atoms with Gasteiger partial charge in [0.2, 0.25) is 0 Å². The van der Waals surface area contributed by atoms with Crippen molar-refractivity contribution in [3.05, 3.63) is 68.7 Å². The van der Waals surface area contributed by atoms with Gasteiger partial charge in [-0.25, -0.2) is 4.79 Å². The molecule has 2 N–H and O–H groups in total. The van der Waals surface area contributed by atoms with Crippen molar-refractivity contribution >= 4 is 52.6 Å². The summed E-state index contributed by atoms with van der Waals surface area (Å²) in [4.78, 5) is 36.0. The van der Waals surface area contributed by atoms with Gasteiger partial charge in [0.05, 0.1) is 20.6 Å². The Kier molecular flexibility index (Phi) is 6.85. The number of hydrogen-bond acceptors (Lipinski definition) is 4. The fourth-order valence-electron chi connectivity index (χ4n) is 1.87. The van der Waals surface area contributed by atoms with Gasteiger partial charge in [0.1, 0.15) is 0 Å². The predicted molar refractivity (Wildman–Crippen MR) is 98.4 cm³/mol. The van der Waals surface area contributed by atoms with Crippen molar-refractivity contribution in [1.29, 1.82) is 0 Å². The van der Waals surface area contributed by atoms with E-state index in [9.17, 15) is 14.4 Å². The van der Waals surface area contributed by atoms with E-state index < -0.39 is 23.9 Å². The molecule has 0 unspecified atom stereocenters. The largest absolute Gasteiger partial charge is 0.449 e. The monoisotopic (exact) mass is 414 g/mol. The van der Waals surface area contributed by atoms with Crippen LogP contribution in [0.4, 0.5) is 0 Å². The minimum absolute atomic E-state index is 0.0365. The van der Waals surface area contributed by atoms with Crippen LogP contribution in [0.2, 0.25) is 15.1 Å². The number of carbonyl (C=O) groups is 3. The number of ether oxygens (including phenoxy) is 1. The molecule has 6 nitrogen and oxygen atoms in total. The third-order valence-electron chi connectivity index (χ3n) is 3.24. The van der Waals surface area contributed by atoms with Crippen LogP contribution in [0.5, 0.6) is 0 Å². The first-order valence-corrected chi connectivity index (χ1v) is 8.44. The molecule has 0 saturated carbocycles. The first kappa shape index (κ1) is 20.0. The molecule has 0 fully saturated rings. The van der Waals surface area contributed by atoms with Crippen LogP contribution in [0.15, 0.2) is 42.5 Å². The summed E-state index contributed by atoms with van der Waals surface area (Å²) in [7, 11) is 0. The van der Waals surface area contributed by atoms with E-state index in [1.54, 1.807) is 30.3 Å². The molecule has 2 aromatic rings. The average Bonchev–Trinajstić information content (AvgIpc) is 2.63. The third kappa shape index (κ3) is 4.88. The van der Waals surface area contributed by atoms with E-state index >= 15 is 0 Å². The molecule has 0 aliphatic carbocycles. The van der Waals surface area contributed by atoms with Gasteiger partial charge in [-0.05, 0) is 31.2 Å². The van der Waals surface area contributed by atoms with Crippen LogP contribution in [-0.2, 0) is 9.53 Å². The Balaban J connectivity index is 1.96. The van der Waals surface area contributed by atoms with Crippen LogP contribution in [-0.4, -0.2) is 23.9 Å². The molecular formula is C17H13Cl3N2O4. The zero-order valence-corrected chi connectivity index (χ0v) is 15.7. The van der Waals surface area contributed by atoms with Gasteiger partial charge in [0, 0.05) is 5.56 Å². The van der Waals surface area contributed by atoms with Gasteiger partial charge in [-0.15, -0.1) is 0 Å². The fourth-order valence-corrected chi connectivity index (χ4v) is 2.55. The molecule has 0 radical (unpaired) electrons. The normalized spacial score (nSPS) is 11.4. The lowest BCUT2D eigenvalue weighted by molar-refractivity contribution is -0.129. The van der Waals surface area contributed by atoms with Crippen LogP contribution in [0.25, 0.3) is 0 Å². The maximum absolute atomic E-state index is 12.2. The molecule has 2 rings (SSSR count). The van der Waals surface area contributed by atoms with E-state index in [1.807, 2.05) is 0 Å². The first-order valence-electron chi connectivity index (χ1n) is 7.31. The molecular weight excluding hydrogens is 403 g/mol. The van der Waals surface area contributed by atoms with Gasteiger partial charge < -0.3 is 4.74 Å². The van der Waals surface area contributed by atoms with Crippen molar-refractivity contribution in [2.75, 3.05) is 0 Å². The second kappa shape index (κ2) is 8.89.